The van der Waals surface area contributed by atoms with E-state index in [4.69, 9.17) is 11.5 Å². The van der Waals surface area contributed by atoms with Crippen molar-refractivity contribution in [1.29, 1.82) is 0 Å². The lowest BCUT2D eigenvalue weighted by molar-refractivity contribution is -0.385. The van der Waals surface area contributed by atoms with Crippen LogP contribution in [-0.2, 0) is 0 Å². The van der Waals surface area contributed by atoms with E-state index in [1.807, 2.05) is 0 Å². The minimum absolute atomic E-state index is 0. The molecule has 0 spiro atoms. The number of non-ortho nitro benzene ring substituents is 2. The van der Waals surface area contributed by atoms with Crippen molar-refractivity contribution < 1.29 is 9.85 Å². The van der Waals surface area contributed by atoms with Crippen LogP contribution in [0.5, 0.6) is 0 Å². The number of hydrogen-bond donors (Lipinski definition) is 2. The zero-order valence-corrected chi connectivity index (χ0v) is 16.7. The van der Waals surface area contributed by atoms with E-state index in [1.165, 1.54) is 48.5 Å². The van der Waals surface area contributed by atoms with E-state index < -0.39 is 9.85 Å². The minimum atomic E-state index is -0.488. The first kappa shape index (κ1) is 23.0. The molecule has 0 bridgehead atoms. The lowest BCUT2D eigenvalue weighted by atomic mass is 10.1. The van der Waals surface area contributed by atoms with Crippen molar-refractivity contribution >= 4 is 46.8 Å². The van der Waals surface area contributed by atoms with Crippen LogP contribution in [0.15, 0.2) is 82.8 Å². The Morgan fingerprint density at radius 1 is 0.613 bits per heavy atom. The predicted molar refractivity (Wildman–Crippen MR) is 121 cm³/mol. The van der Waals surface area contributed by atoms with Crippen molar-refractivity contribution in [3.05, 3.63) is 104 Å². The van der Waals surface area contributed by atoms with Crippen LogP contribution in [0, 0.1) is 20.2 Å². The number of benzene rings is 3. The van der Waals surface area contributed by atoms with Crippen LogP contribution in [0.25, 0.3) is 0 Å². The van der Waals surface area contributed by atoms with Gasteiger partial charge in [0.25, 0.3) is 11.4 Å². The predicted octanol–water partition coefficient (Wildman–Crippen LogP) is 4.00. The highest BCUT2D eigenvalue weighted by Gasteiger charge is 2.07. The number of aliphatic imine (C=N–C) groups is 2. The minimum Gasteiger partial charge on any atom is -0.383 e. The van der Waals surface area contributed by atoms with Gasteiger partial charge < -0.3 is 11.5 Å². The van der Waals surface area contributed by atoms with E-state index in [0.717, 1.165) is 0 Å². The maximum absolute atomic E-state index is 10.7. The second-order valence-electron chi connectivity index (χ2n) is 6.12. The van der Waals surface area contributed by atoms with E-state index >= 15 is 0 Å². The van der Waals surface area contributed by atoms with Crippen molar-refractivity contribution in [1.82, 2.24) is 0 Å². The van der Waals surface area contributed by atoms with Gasteiger partial charge in [0.2, 0.25) is 0 Å². The Bertz CT molecular complexity index is 1050. The van der Waals surface area contributed by atoms with Crippen LogP contribution in [0.2, 0.25) is 0 Å². The molecule has 3 aromatic rings. The summed E-state index contributed by atoms with van der Waals surface area (Å²) in [5.74, 6) is 0.475. The molecule has 0 saturated carbocycles. The largest absolute Gasteiger partial charge is 0.383 e. The molecule has 10 nitrogen and oxygen atoms in total. The summed E-state index contributed by atoms with van der Waals surface area (Å²) in [6.45, 7) is 0. The summed E-state index contributed by atoms with van der Waals surface area (Å²) in [4.78, 5) is 28.9. The molecular formula is C20H17ClN6O4. The SMILES string of the molecule is Cl.NC(=Nc1ccc([N+](=O)[O-])cc1)c1ccc(C(N)=Nc2ccc([N+](=O)[O-])cc2)cc1. The van der Waals surface area contributed by atoms with Crippen molar-refractivity contribution in [2.24, 2.45) is 21.5 Å². The number of halogens is 1. The first-order valence-electron chi connectivity index (χ1n) is 8.61. The van der Waals surface area contributed by atoms with Crippen LogP contribution >= 0.6 is 12.4 Å². The Morgan fingerprint density at radius 3 is 1.16 bits per heavy atom. The first-order chi connectivity index (χ1) is 14.3. The molecule has 0 aliphatic heterocycles. The van der Waals surface area contributed by atoms with Gasteiger partial charge in [-0.3, -0.25) is 20.2 Å². The second kappa shape index (κ2) is 9.94. The van der Waals surface area contributed by atoms with E-state index in [-0.39, 0.29) is 35.5 Å². The zero-order valence-electron chi connectivity index (χ0n) is 15.9. The summed E-state index contributed by atoms with van der Waals surface area (Å²) in [5.41, 5.74) is 14.2. The molecule has 0 aliphatic carbocycles. The second-order valence-corrected chi connectivity index (χ2v) is 6.12. The Hall–Kier alpha value is -4.31. The third-order valence-electron chi connectivity index (χ3n) is 4.10. The molecular weight excluding hydrogens is 424 g/mol. The van der Waals surface area contributed by atoms with Gasteiger partial charge in [-0.15, -0.1) is 12.4 Å². The van der Waals surface area contributed by atoms with Crippen LogP contribution in [0.1, 0.15) is 11.1 Å². The van der Waals surface area contributed by atoms with E-state index in [1.54, 1.807) is 24.3 Å². The Labute approximate surface area is 182 Å². The van der Waals surface area contributed by atoms with Gasteiger partial charge in [0.15, 0.2) is 0 Å². The number of nitro groups is 2. The monoisotopic (exact) mass is 440 g/mol. The molecule has 3 aromatic carbocycles. The van der Waals surface area contributed by atoms with Crippen LogP contribution < -0.4 is 11.5 Å². The summed E-state index contributed by atoms with van der Waals surface area (Å²) in [6.07, 6.45) is 0. The van der Waals surface area contributed by atoms with Gasteiger partial charge in [-0.2, -0.15) is 0 Å². The van der Waals surface area contributed by atoms with Gasteiger partial charge in [-0.05, 0) is 24.3 Å². The third-order valence-corrected chi connectivity index (χ3v) is 4.10. The van der Waals surface area contributed by atoms with Crippen molar-refractivity contribution in [2.45, 2.75) is 0 Å². The number of hydrogen-bond acceptors (Lipinski definition) is 6. The molecule has 3 rings (SSSR count). The van der Waals surface area contributed by atoms with Gasteiger partial charge in [0.1, 0.15) is 11.7 Å². The number of nitrogens with zero attached hydrogens (tertiary/aromatic N) is 4. The highest BCUT2D eigenvalue weighted by atomic mass is 35.5. The zero-order chi connectivity index (χ0) is 21.7. The summed E-state index contributed by atoms with van der Waals surface area (Å²) < 4.78 is 0. The van der Waals surface area contributed by atoms with E-state index in [0.29, 0.717) is 22.5 Å². The van der Waals surface area contributed by atoms with Crippen molar-refractivity contribution in [3.63, 3.8) is 0 Å². The molecule has 4 N–H and O–H groups in total. The van der Waals surface area contributed by atoms with Gasteiger partial charge in [0.05, 0.1) is 21.2 Å². The van der Waals surface area contributed by atoms with Crippen molar-refractivity contribution in [3.8, 4) is 0 Å². The standard InChI is InChI=1S/C20H16N6O4.ClH/c21-19(23-15-5-9-17(10-6-15)25(27)28)13-1-2-14(4-3-13)20(22)24-16-7-11-18(12-8-16)26(29)30;/h1-12H,(H2,21,23)(H2,22,24);1H. The van der Waals surface area contributed by atoms with E-state index in [2.05, 4.69) is 9.98 Å². The van der Waals surface area contributed by atoms with Crippen molar-refractivity contribution in [2.75, 3.05) is 0 Å². The molecule has 0 saturated heterocycles. The Morgan fingerprint density at radius 2 is 0.903 bits per heavy atom. The first-order valence-corrected chi connectivity index (χ1v) is 8.61. The van der Waals surface area contributed by atoms with Gasteiger partial charge in [0, 0.05) is 35.4 Å². The summed E-state index contributed by atoms with van der Waals surface area (Å²) in [5, 5.41) is 21.4. The molecule has 31 heavy (non-hydrogen) atoms. The molecule has 0 aromatic heterocycles. The highest BCUT2D eigenvalue weighted by molar-refractivity contribution is 6.02. The number of nitrogens with two attached hydrogens (primary N) is 2. The number of nitro benzene ring substituents is 2. The molecule has 0 amide bonds. The lowest BCUT2D eigenvalue weighted by Gasteiger charge is -2.05. The normalized spacial score (nSPS) is 11.5. The molecule has 11 heteroatoms. The lowest BCUT2D eigenvalue weighted by Crippen LogP contribution is -2.15. The van der Waals surface area contributed by atoms with Gasteiger partial charge in [-0.25, -0.2) is 9.98 Å². The van der Waals surface area contributed by atoms with Crippen LogP contribution in [-0.4, -0.2) is 21.5 Å². The summed E-state index contributed by atoms with van der Waals surface area (Å²) in [6, 6.07) is 18.3. The average Bonchev–Trinajstić information content (AvgIpc) is 2.74. The fraction of sp³-hybridized carbons (Fsp3) is 0. The average molecular weight is 441 g/mol. The fourth-order valence-electron chi connectivity index (χ4n) is 2.52. The molecule has 0 aliphatic rings. The molecule has 0 radical (unpaired) electrons. The third kappa shape index (κ3) is 5.84. The number of rotatable bonds is 6. The van der Waals surface area contributed by atoms with Gasteiger partial charge >= 0.3 is 0 Å². The summed E-state index contributed by atoms with van der Waals surface area (Å²) in [7, 11) is 0. The molecule has 0 atom stereocenters. The fourth-order valence-corrected chi connectivity index (χ4v) is 2.52. The Kier molecular flexibility index (Phi) is 7.37. The Balaban J connectivity index is 0.00000341. The summed E-state index contributed by atoms with van der Waals surface area (Å²) >= 11 is 0. The van der Waals surface area contributed by atoms with Crippen LogP contribution in [0.3, 0.4) is 0 Å². The molecule has 158 valence electrons. The topological polar surface area (TPSA) is 163 Å². The van der Waals surface area contributed by atoms with E-state index in [9.17, 15) is 20.2 Å². The smallest absolute Gasteiger partial charge is 0.269 e. The molecule has 0 heterocycles. The highest BCUT2D eigenvalue weighted by Crippen LogP contribution is 2.20. The van der Waals surface area contributed by atoms with Crippen LogP contribution in [0.4, 0.5) is 22.7 Å². The maximum atomic E-state index is 10.7. The number of amidine groups is 2. The maximum Gasteiger partial charge on any atom is 0.269 e. The van der Waals surface area contributed by atoms with Gasteiger partial charge in [-0.1, -0.05) is 24.3 Å². The molecule has 0 fully saturated rings. The quantitative estimate of drug-likeness (QED) is 0.254. The molecule has 0 unspecified atom stereocenters.